The predicted octanol–water partition coefficient (Wildman–Crippen LogP) is 5.45. The molecule has 0 N–H and O–H groups in total. The summed E-state index contributed by atoms with van der Waals surface area (Å²) in [5, 5.41) is 1.94. The Morgan fingerprint density at radius 3 is 2.62 bits per heavy atom. The minimum Gasteiger partial charge on any atom is -0.487 e. The SMILES string of the molecule is CC(C)n1c(COc2cccc(Cl)c2)cc2ccccc21. The van der Waals surface area contributed by atoms with Crippen LogP contribution in [0.1, 0.15) is 25.6 Å². The standard InChI is InChI=1S/C18H18ClNO/c1-13(2)20-16(10-14-6-3-4-9-18(14)20)12-21-17-8-5-7-15(19)11-17/h3-11,13H,12H2,1-2H3. The van der Waals surface area contributed by atoms with Crippen molar-refractivity contribution in [1.82, 2.24) is 4.57 Å². The van der Waals surface area contributed by atoms with Gasteiger partial charge in [-0.3, -0.25) is 0 Å². The quantitative estimate of drug-likeness (QED) is 0.624. The van der Waals surface area contributed by atoms with Crippen molar-refractivity contribution < 1.29 is 4.74 Å². The topological polar surface area (TPSA) is 14.2 Å². The zero-order valence-corrected chi connectivity index (χ0v) is 13.0. The minimum atomic E-state index is 0.392. The third-order valence-corrected chi connectivity index (χ3v) is 3.76. The fourth-order valence-corrected chi connectivity index (χ4v) is 2.85. The molecule has 3 aromatic rings. The maximum absolute atomic E-state index is 5.99. The number of hydrogen-bond acceptors (Lipinski definition) is 1. The van der Waals surface area contributed by atoms with Crippen molar-refractivity contribution in [3.05, 3.63) is 65.3 Å². The largest absolute Gasteiger partial charge is 0.487 e. The third kappa shape index (κ3) is 2.91. The Hall–Kier alpha value is -1.93. The second kappa shape index (κ2) is 5.82. The van der Waals surface area contributed by atoms with Crippen LogP contribution in [0.3, 0.4) is 0 Å². The van der Waals surface area contributed by atoms with E-state index in [1.165, 1.54) is 16.6 Å². The van der Waals surface area contributed by atoms with Gasteiger partial charge in [0.25, 0.3) is 0 Å². The van der Waals surface area contributed by atoms with Gasteiger partial charge >= 0.3 is 0 Å². The van der Waals surface area contributed by atoms with Crippen LogP contribution in [0.4, 0.5) is 0 Å². The van der Waals surface area contributed by atoms with E-state index in [4.69, 9.17) is 16.3 Å². The van der Waals surface area contributed by atoms with E-state index in [0.717, 1.165) is 5.75 Å². The van der Waals surface area contributed by atoms with Crippen LogP contribution in [0, 0.1) is 0 Å². The van der Waals surface area contributed by atoms with Gasteiger partial charge in [-0.1, -0.05) is 35.9 Å². The summed E-state index contributed by atoms with van der Waals surface area (Å²) in [5.74, 6) is 0.795. The first kappa shape index (κ1) is 14.0. The number of aromatic nitrogens is 1. The van der Waals surface area contributed by atoms with Gasteiger partial charge in [-0.05, 0) is 49.6 Å². The van der Waals surface area contributed by atoms with E-state index in [9.17, 15) is 0 Å². The van der Waals surface area contributed by atoms with Crippen molar-refractivity contribution in [2.75, 3.05) is 0 Å². The normalized spacial score (nSPS) is 11.2. The smallest absolute Gasteiger partial charge is 0.128 e. The van der Waals surface area contributed by atoms with Gasteiger partial charge in [0, 0.05) is 16.6 Å². The summed E-state index contributed by atoms with van der Waals surface area (Å²) in [6.45, 7) is 4.91. The van der Waals surface area contributed by atoms with E-state index in [0.29, 0.717) is 17.7 Å². The van der Waals surface area contributed by atoms with Gasteiger partial charge in [0.2, 0.25) is 0 Å². The molecule has 3 rings (SSSR count). The Bertz CT molecular complexity index is 761. The number of hydrogen-bond donors (Lipinski definition) is 0. The van der Waals surface area contributed by atoms with Gasteiger partial charge < -0.3 is 9.30 Å². The molecule has 0 fully saturated rings. The van der Waals surface area contributed by atoms with Crippen molar-refractivity contribution in [2.24, 2.45) is 0 Å². The van der Waals surface area contributed by atoms with E-state index < -0.39 is 0 Å². The lowest BCUT2D eigenvalue weighted by Gasteiger charge is -2.15. The highest BCUT2D eigenvalue weighted by molar-refractivity contribution is 6.30. The van der Waals surface area contributed by atoms with Crippen LogP contribution < -0.4 is 4.74 Å². The van der Waals surface area contributed by atoms with Crippen molar-refractivity contribution >= 4 is 22.5 Å². The third-order valence-electron chi connectivity index (χ3n) is 3.53. The average Bonchev–Trinajstić information content (AvgIpc) is 2.83. The van der Waals surface area contributed by atoms with E-state index in [-0.39, 0.29) is 0 Å². The fraction of sp³-hybridized carbons (Fsp3) is 0.222. The Morgan fingerprint density at radius 1 is 1.05 bits per heavy atom. The highest BCUT2D eigenvalue weighted by atomic mass is 35.5. The van der Waals surface area contributed by atoms with Crippen molar-refractivity contribution in [3.8, 4) is 5.75 Å². The minimum absolute atomic E-state index is 0.392. The molecule has 0 unspecified atom stereocenters. The molecule has 0 saturated carbocycles. The first-order valence-corrected chi connectivity index (χ1v) is 7.50. The summed E-state index contributed by atoms with van der Waals surface area (Å²) in [6, 6.07) is 18.5. The first-order chi connectivity index (χ1) is 10.1. The number of benzene rings is 2. The maximum Gasteiger partial charge on any atom is 0.128 e. The zero-order valence-electron chi connectivity index (χ0n) is 12.2. The van der Waals surface area contributed by atoms with Crippen LogP contribution in [-0.4, -0.2) is 4.57 Å². The molecule has 0 radical (unpaired) electrons. The lowest BCUT2D eigenvalue weighted by Crippen LogP contribution is -2.08. The van der Waals surface area contributed by atoms with Crippen LogP contribution in [0.15, 0.2) is 54.6 Å². The number of para-hydroxylation sites is 1. The molecule has 2 aromatic carbocycles. The molecule has 1 heterocycles. The highest BCUT2D eigenvalue weighted by Crippen LogP contribution is 2.25. The fourth-order valence-electron chi connectivity index (χ4n) is 2.67. The predicted molar refractivity (Wildman–Crippen MR) is 88.1 cm³/mol. The molecule has 0 atom stereocenters. The van der Waals surface area contributed by atoms with Gasteiger partial charge in [-0.15, -0.1) is 0 Å². The highest BCUT2D eigenvalue weighted by Gasteiger charge is 2.11. The number of rotatable bonds is 4. The second-order valence-electron chi connectivity index (χ2n) is 5.40. The summed E-state index contributed by atoms with van der Waals surface area (Å²) >= 11 is 5.99. The van der Waals surface area contributed by atoms with Gasteiger partial charge in [-0.2, -0.15) is 0 Å². The lowest BCUT2D eigenvalue weighted by molar-refractivity contribution is 0.293. The molecule has 0 aliphatic heterocycles. The van der Waals surface area contributed by atoms with E-state index >= 15 is 0 Å². The second-order valence-corrected chi connectivity index (χ2v) is 5.84. The Balaban J connectivity index is 1.91. The Kier molecular flexibility index (Phi) is 3.89. The molecular weight excluding hydrogens is 282 g/mol. The van der Waals surface area contributed by atoms with Crippen LogP contribution in [-0.2, 0) is 6.61 Å². The molecular formula is C18H18ClNO. The number of ether oxygens (including phenoxy) is 1. The molecule has 0 saturated heterocycles. The molecule has 0 amide bonds. The van der Waals surface area contributed by atoms with Crippen molar-refractivity contribution in [3.63, 3.8) is 0 Å². The molecule has 3 heteroatoms. The number of fused-ring (bicyclic) bond motifs is 1. The first-order valence-electron chi connectivity index (χ1n) is 7.12. The van der Waals surface area contributed by atoms with Gasteiger partial charge in [0.05, 0.1) is 5.69 Å². The number of nitrogens with zero attached hydrogens (tertiary/aromatic N) is 1. The molecule has 1 aromatic heterocycles. The van der Waals surface area contributed by atoms with E-state index in [2.05, 4.69) is 48.7 Å². The Morgan fingerprint density at radius 2 is 1.86 bits per heavy atom. The Labute approximate surface area is 129 Å². The summed E-state index contributed by atoms with van der Waals surface area (Å²) < 4.78 is 8.21. The van der Waals surface area contributed by atoms with Gasteiger partial charge in [0.15, 0.2) is 0 Å². The summed E-state index contributed by atoms with van der Waals surface area (Å²) in [7, 11) is 0. The molecule has 0 aliphatic rings. The monoisotopic (exact) mass is 299 g/mol. The summed E-state index contributed by atoms with van der Waals surface area (Å²) in [4.78, 5) is 0. The molecule has 0 aliphatic carbocycles. The molecule has 0 spiro atoms. The summed E-state index contributed by atoms with van der Waals surface area (Å²) in [5.41, 5.74) is 2.42. The van der Waals surface area contributed by atoms with Crippen LogP contribution >= 0.6 is 11.6 Å². The van der Waals surface area contributed by atoms with E-state index in [1.54, 1.807) is 0 Å². The molecule has 21 heavy (non-hydrogen) atoms. The summed E-state index contributed by atoms with van der Waals surface area (Å²) in [6.07, 6.45) is 0. The van der Waals surface area contributed by atoms with E-state index in [1.807, 2.05) is 24.3 Å². The van der Waals surface area contributed by atoms with Crippen LogP contribution in [0.25, 0.3) is 10.9 Å². The van der Waals surface area contributed by atoms with Gasteiger partial charge in [0.1, 0.15) is 12.4 Å². The van der Waals surface area contributed by atoms with Crippen molar-refractivity contribution in [2.45, 2.75) is 26.5 Å². The van der Waals surface area contributed by atoms with Crippen molar-refractivity contribution in [1.29, 1.82) is 0 Å². The number of halogens is 1. The maximum atomic E-state index is 5.99. The van der Waals surface area contributed by atoms with Crippen LogP contribution in [0.2, 0.25) is 5.02 Å². The zero-order chi connectivity index (χ0) is 14.8. The van der Waals surface area contributed by atoms with Gasteiger partial charge in [-0.25, -0.2) is 0 Å². The average molecular weight is 300 g/mol. The molecule has 108 valence electrons. The lowest BCUT2D eigenvalue weighted by atomic mass is 10.2. The molecule has 0 bridgehead atoms. The molecule has 2 nitrogen and oxygen atoms in total. The van der Waals surface area contributed by atoms with Crippen LogP contribution in [0.5, 0.6) is 5.75 Å².